The van der Waals surface area contributed by atoms with Crippen LogP contribution in [0, 0.1) is 17.5 Å². The molecule has 10 heteroatoms. The Morgan fingerprint density at radius 3 is 2.07 bits per heavy atom. The molecule has 0 aromatic heterocycles. The van der Waals surface area contributed by atoms with Crippen molar-refractivity contribution in [1.82, 2.24) is 15.1 Å². The van der Waals surface area contributed by atoms with Gasteiger partial charge in [-0.2, -0.15) is 0 Å². The van der Waals surface area contributed by atoms with Gasteiger partial charge in [0.1, 0.15) is 11.9 Å². The van der Waals surface area contributed by atoms with Crippen LogP contribution in [-0.2, 0) is 9.59 Å². The molecule has 1 aromatic carbocycles. The van der Waals surface area contributed by atoms with Crippen molar-refractivity contribution >= 4 is 23.6 Å². The summed E-state index contributed by atoms with van der Waals surface area (Å²) in [5.41, 5.74) is -4.93. The highest BCUT2D eigenvalue weighted by atomic mass is 19.2. The van der Waals surface area contributed by atoms with Crippen molar-refractivity contribution < 1.29 is 37.8 Å². The zero-order chi connectivity index (χ0) is 25.7. The lowest BCUT2D eigenvalue weighted by Gasteiger charge is -2.48. The monoisotopic (exact) mass is 427 g/mol. The van der Waals surface area contributed by atoms with E-state index in [2.05, 4.69) is 0 Å². The lowest BCUT2D eigenvalue weighted by Crippen LogP contribution is -2.55. The number of halogens is 3. The summed E-state index contributed by atoms with van der Waals surface area (Å²) >= 11 is 0. The van der Waals surface area contributed by atoms with E-state index in [1.54, 1.807) is 0 Å². The number of hydrogen-bond donors (Lipinski definition) is 1. The topological polar surface area (TPSA) is 86.8 Å². The minimum absolute atomic E-state index is 0.243. The molecule has 2 saturated heterocycles. The van der Waals surface area contributed by atoms with Gasteiger partial charge >= 0.3 is 0 Å². The molecule has 160 valence electrons. The van der Waals surface area contributed by atoms with Gasteiger partial charge in [-0.05, 0) is 27.2 Å². The Kier molecular flexibility index (Phi) is 3.54. The first kappa shape index (κ1) is 16.0. The van der Waals surface area contributed by atoms with E-state index in [4.69, 9.17) is 5.48 Å². The molecule has 1 aromatic rings. The van der Waals surface area contributed by atoms with E-state index >= 15 is 13.2 Å². The van der Waals surface area contributed by atoms with Gasteiger partial charge in [-0.15, -0.1) is 0 Å². The van der Waals surface area contributed by atoms with Crippen LogP contribution in [0.5, 0.6) is 0 Å². The number of hydrogen-bond acceptors (Lipinski definition) is 5. The lowest BCUT2D eigenvalue weighted by molar-refractivity contribution is -0.136. The molecule has 2 fully saturated rings. The second-order valence-electron chi connectivity index (χ2n) is 8.25. The van der Waals surface area contributed by atoms with E-state index in [1.807, 2.05) is 5.32 Å². The number of nitrogens with one attached hydrogen (secondary N) is 1. The summed E-state index contributed by atoms with van der Waals surface area (Å²) in [6.45, 7) is -0.920. The van der Waals surface area contributed by atoms with Crippen LogP contribution in [0.4, 0.5) is 13.2 Å². The molecule has 30 heavy (non-hydrogen) atoms. The van der Waals surface area contributed by atoms with Gasteiger partial charge < -0.3 is 0 Å². The fourth-order valence-electron chi connectivity index (χ4n) is 3.65. The van der Waals surface area contributed by atoms with Gasteiger partial charge in [-0.3, -0.25) is 34.3 Å². The van der Waals surface area contributed by atoms with Crippen molar-refractivity contribution in [1.29, 1.82) is 0 Å². The van der Waals surface area contributed by atoms with E-state index in [-0.39, 0.29) is 17.7 Å². The average Bonchev–Trinajstić information content (AvgIpc) is 2.92. The molecule has 4 rings (SSSR count). The van der Waals surface area contributed by atoms with Gasteiger partial charge in [0.2, 0.25) is 11.8 Å². The Hall–Kier alpha value is -2.75. The van der Waals surface area contributed by atoms with Gasteiger partial charge in [-0.1, -0.05) is 0 Å². The molecular formula is C20H20F3N3O4. The van der Waals surface area contributed by atoms with Gasteiger partial charge in [-0.25, -0.2) is 13.2 Å². The minimum Gasteiger partial charge on any atom is -0.297 e. The third kappa shape index (κ3) is 2.84. The summed E-state index contributed by atoms with van der Waals surface area (Å²) in [7, 11) is 0. The summed E-state index contributed by atoms with van der Waals surface area (Å²) < 4.78 is 78.9. The van der Waals surface area contributed by atoms with Crippen molar-refractivity contribution in [3.63, 3.8) is 0 Å². The first-order valence-electron chi connectivity index (χ1n) is 11.2. The number of carbonyl (C=O) groups excluding carboxylic acids is 4. The standard InChI is InChI=1S/C20H20F3N3O4/c1-20(2,3)25-6-8(7-25)11-14(21)12-13(16(23)15(11)22)19(30)26(18(12)29)9-4-5-10(27)24-17(9)28/h8-9H,4-7H2,1-3H3,(H,24,27,28)/t9-/m1/s1/i6D2,7D2. The second kappa shape index (κ2) is 6.63. The van der Waals surface area contributed by atoms with Gasteiger partial charge in [0.05, 0.1) is 11.1 Å². The highest BCUT2D eigenvalue weighted by Gasteiger charge is 2.50. The molecule has 1 atom stereocenters. The average molecular weight is 427 g/mol. The minimum atomic E-state index is -2.68. The number of benzene rings is 1. The number of fused-ring (bicyclic) bond motifs is 1. The number of imide groups is 2. The number of amides is 4. The number of rotatable bonds is 2. The van der Waals surface area contributed by atoms with Crippen LogP contribution in [0.15, 0.2) is 0 Å². The van der Waals surface area contributed by atoms with Gasteiger partial charge in [0, 0.05) is 41.9 Å². The van der Waals surface area contributed by atoms with E-state index in [0.29, 0.717) is 0 Å². The molecule has 0 saturated carbocycles. The maximum Gasteiger partial charge on any atom is 0.265 e. The van der Waals surface area contributed by atoms with Crippen molar-refractivity contribution in [2.24, 2.45) is 0 Å². The maximum absolute atomic E-state index is 15.6. The molecule has 0 bridgehead atoms. The molecule has 7 nitrogen and oxygen atoms in total. The van der Waals surface area contributed by atoms with Gasteiger partial charge in [0.25, 0.3) is 11.8 Å². The van der Waals surface area contributed by atoms with E-state index in [9.17, 15) is 19.2 Å². The Morgan fingerprint density at radius 2 is 1.53 bits per heavy atom. The Balaban J connectivity index is 1.86. The SMILES string of the molecule is [2H]C1([2H])C(c2c(F)c(F)c3c(c2F)C(=O)N([C@@H]2CCC(=O)NC2=O)C3=O)C([2H])([2H])N1C(C)(C)C. The molecule has 4 amide bonds. The predicted molar refractivity (Wildman–Crippen MR) is 97.1 cm³/mol. The van der Waals surface area contributed by atoms with Crippen LogP contribution >= 0.6 is 0 Å². The van der Waals surface area contributed by atoms with Crippen molar-refractivity contribution in [3.8, 4) is 0 Å². The lowest BCUT2D eigenvalue weighted by atomic mass is 9.85. The number of carbonyl (C=O) groups is 4. The van der Waals surface area contributed by atoms with E-state index in [1.165, 1.54) is 20.8 Å². The number of likely N-dealkylation sites (tertiary alicyclic amines) is 1. The third-order valence-electron chi connectivity index (χ3n) is 5.22. The molecule has 0 radical (unpaired) electrons. The molecule has 3 aliphatic rings. The number of nitrogens with zero attached hydrogens (tertiary/aromatic N) is 2. The van der Waals surface area contributed by atoms with Crippen LogP contribution < -0.4 is 5.32 Å². The van der Waals surface area contributed by atoms with Crippen LogP contribution in [0.3, 0.4) is 0 Å². The zero-order valence-corrected chi connectivity index (χ0v) is 16.2. The summed E-state index contributed by atoms with van der Waals surface area (Å²) in [6.07, 6.45) is -0.553. The maximum atomic E-state index is 15.6. The first-order valence-corrected chi connectivity index (χ1v) is 9.18. The van der Waals surface area contributed by atoms with Crippen LogP contribution in [0.25, 0.3) is 0 Å². The summed E-state index contributed by atoms with van der Waals surface area (Å²) in [4.78, 5) is 50.3. The molecule has 0 spiro atoms. The Bertz CT molecular complexity index is 1170. The fraction of sp³-hybridized carbons (Fsp3) is 0.500. The van der Waals surface area contributed by atoms with E-state index in [0.717, 1.165) is 4.90 Å². The summed E-state index contributed by atoms with van der Waals surface area (Å²) in [5, 5.41) is 1.91. The highest BCUT2D eigenvalue weighted by Crippen LogP contribution is 2.40. The van der Waals surface area contributed by atoms with Crippen molar-refractivity contribution in [2.45, 2.75) is 51.1 Å². The first-order chi connectivity index (χ1) is 15.5. The molecule has 1 N–H and O–H groups in total. The van der Waals surface area contributed by atoms with Gasteiger partial charge in [0.15, 0.2) is 11.6 Å². The molecule has 0 unspecified atom stereocenters. The molecule has 0 aliphatic carbocycles. The van der Waals surface area contributed by atoms with Crippen LogP contribution in [0.2, 0.25) is 0 Å². The predicted octanol–water partition coefficient (Wildman–Crippen LogP) is 1.70. The normalized spacial score (nSPS) is 28.3. The largest absolute Gasteiger partial charge is 0.297 e. The highest BCUT2D eigenvalue weighted by molar-refractivity contribution is 6.23. The number of piperidine rings is 1. The van der Waals surface area contributed by atoms with Crippen molar-refractivity contribution in [3.05, 3.63) is 34.1 Å². The van der Waals surface area contributed by atoms with E-state index < -0.39 is 88.3 Å². The Morgan fingerprint density at radius 1 is 0.967 bits per heavy atom. The molecular weight excluding hydrogens is 403 g/mol. The summed E-state index contributed by atoms with van der Waals surface area (Å²) in [5.74, 6) is -12.5. The second-order valence-corrected chi connectivity index (χ2v) is 8.25. The smallest absolute Gasteiger partial charge is 0.265 e. The molecule has 3 aliphatic heterocycles. The fourth-order valence-corrected chi connectivity index (χ4v) is 3.65. The van der Waals surface area contributed by atoms with Crippen LogP contribution in [0.1, 0.15) is 71.3 Å². The zero-order valence-electron chi connectivity index (χ0n) is 20.2. The molecule has 3 heterocycles. The summed E-state index contributed by atoms with van der Waals surface area (Å²) in [6, 6.07) is -1.56. The Labute approximate surface area is 175 Å². The van der Waals surface area contributed by atoms with Crippen LogP contribution in [-0.4, -0.2) is 58.0 Å². The van der Waals surface area contributed by atoms with Crippen molar-refractivity contribution in [2.75, 3.05) is 13.0 Å². The third-order valence-corrected chi connectivity index (χ3v) is 5.22. The quantitative estimate of drug-likeness (QED) is 0.574.